The number of hydrogen-bond acceptors (Lipinski definition) is 5. The molecule has 0 aliphatic heterocycles. The summed E-state index contributed by atoms with van der Waals surface area (Å²) in [4.78, 5) is 20.9. The second-order valence-corrected chi connectivity index (χ2v) is 5.04. The average molecular weight is 323 g/mol. The fourth-order valence-corrected chi connectivity index (χ4v) is 2.35. The van der Waals surface area contributed by atoms with E-state index < -0.39 is 6.04 Å². The third kappa shape index (κ3) is 4.11. The monoisotopic (exact) mass is 323 g/mol. The van der Waals surface area contributed by atoms with Gasteiger partial charge in [0.1, 0.15) is 6.04 Å². The molecule has 2 N–H and O–H groups in total. The molecule has 0 spiro atoms. The quantitative estimate of drug-likeness (QED) is 0.726. The number of rotatable bonds is 8. The van der Waals surface area contributed by atoms with Crippen LogP contribution in [-0.2, 0) is 16.0 Å². The van der Waals surface area contributed by atoms with Gasteiger partial charge in [0.2, 0.25) is 6.41 Å². The summed E-state index contributed by atoms with van der Waals surface area (Å²) in [5, 5.41) is 14.4. The fourth-order valence-electron chi connectivity index (χ4n) is 2.35. The van der Waals surface area contributed by atoms with E-state index in [1.807, 2.05) is 42.5 Å². The first-order chi connectivity index (χ1) is 11.7. The molecule has 2 rings (SSSR count). The minimum absolute atomic E-state index is 0.392. The Morgan fingerprint density at radius 3 is 2.46 bits per heavy atom. The third-order valence-corrected chi connectivity index (χ3v) is 3.58. The zero-order chi connectivity index (χ0) is 17.4. The summed E-state index contributed by atoms with van der Waals surface area (Å²) in [6.45, 7) is 0.392. The van der Waals surface area contributed by atoms with Gasteiger partial charge in [0.25, 0.3) is 6.47 Å². The van der Waals surface area contributed by atoms with Gasteiger partial charge in [-0.05, 0) is 28.8 Å². The molecule has 0 aromatic heterocycles. The van der Waals surface area contributed by atoms with Gasteiger partial charge in [0.15, 0.2) is 5.75 Å². The first-order valence-corrected chi connectivity index (χ1v) is 7.32. The molecule has 1 unspecified atom stereocenters. The van der Waals surface area contributed by atoms with Crippen LogP contribution in [0.1, 0.15) is 5.56 Å². The Kier molecular flexibility index (Phi) is 5.92. The molecule has 0 saturated heterocycles. The van der Waals surface area contributed by atoms with Gasteiger partial charge >= 0.3 is 0 Å². The van der Waals surface area contributed by atoms with Crippen molar-refractivity contribution in [3.05, 3.63) is 48.0 Å². The maximum absolute atomic E-state index is 10.5. The molecule has 24 heavy (non-hydrogen) atoms. The van der Waals surface area contributed by atoms with Gasteiger partial charge in [-0.3, -0.25) is 9.59 Å². The lowest BCUT2D eigenvalue weighted by Gasteiger charge is -2.11. The lowest BCUT2D eigenvalue weighted by molar-refractivity contribution is -0.120. The third-order valence-electron chi connectivity index (χ3n) is 3.58. The van der Waals surface area contributed by atoms with Crippen molar-refractivity contribution in [3.63, 3.8) is 0 Å². The van der Waals surface area contributed by atoms with Crippen molar-refractivity contribution in [1.82, 2.24) is 5.32 Å². The largest absolute Gasteiger partial charge is 0.427 e. The van der Waals surface area contributed by atoms with Gasteiger partial charge in [0, 0.05) is 13.5 Å². The maximum atomic E-state index is 10.5. The number of carbonyl (C=O) groups is 2. The molecule has 1 amide bonds. The standard InChI is InChI=1S/C18H17N3O3/c1-20-17-9-15(6-7-18(17)24-12-23)14-4-2-13(3-5-14)8-16(10-19)21-11-22/h2-7,9,11-12,16,20H,8H2,1H3,(H,21,22). The van der Waals surface area contributed by atoms with E-state index in [2.05, 4.69) is 10.6 Å². The maximum Gasteiger partial charge on any atom is 0.298 e. The topological polar surface area (TPSA) is 91.2 Å². The molecule has 2 aromatic rings. The number of nitriles is 1. The summed E-state index contributed by atoms with van der Waals surface area (Å²) in [6, 6.07) is 14.7. The number of ether oxygens (including phenoxy) is 1. The van der Waals surface area contributed by atoms with E-state index in [9.17, 15) is 9.59 Å². The highest BCUT2D eigenvalue weighted by Crippen LogP contribution is 2.30. The molecule has 0 saturated carbocycles. The summed E-state index contributed by atoms with van der Waals surface area (Å²) in [6.07, 6.45) is 0.980. The highest BCUT2D eigenvalue weighted by atomic mass is 16.5. The van der Waals surface area contributed by atoms with Crippen LogP contribution in [0.3, 0.4) is 0 Å². The van der Waals surface area contributed by atoms with Crippen LogP contribution in [0.2, 0.25) is 0 Å². The molecule has 0 heterocycles. The molecular weight excluding hydrogens is 306 g/mol. The Hall–Kier alpha value is -3.33. The Labute approximate surface area is 140 Å². The molecule has 0 fully saturated rings. The van der Waals surface area contributed by atoms with Crippen LogP contribution in [0, 0.1) is 11.3 Å². The van der Waals surface area contributed by atoms with Crippen LogP contribution in [-0.4, -0.2) is 26.0 Å². The van der Waals surface area contributed by atoms with E-state index in [0.717, 1.165) is 16.7 Å². The van der Waals surface area contributed by atoms with Crippen LogP contribution >= 0.6 is 0 Å². The lowest BCUT2D eigenvalue weighted by atomic mass is 10.0. The number of benzene rings is 2. The highest BCUT2D eigenvalue weighted by molar-refractivity contribution is 5.73. The minimum Gasteiger partial charge on any atom is -0.427 e. The van der Waals surface area contributed by atoms with E-state index in [1.54, 1.807) is 13.1 Å². The summed E-state index contributed by atoms with van der Waals surface area (Å²) in [5.74, 6) is 0.463. The molecule has 0 radical (unpaired) electrons. The van der Waals surface area contributed by atoms with Gasteiger partial charge in [-0.2, -0.15) is 5.26 Å². The number of nitrogens with zero attached hydrogens (tertiary/aromatic N) is 1. The van der Waals surface area contributed by atoms with Crippen LogP contribution in [0.25, 0.3) is 11.1 Å². The SMILES string of the molecule is CNc1cc(-c2ccc(CC(C#N)NC=O)cc2)ccc1OC=O. The molecule has 2 aromatic carbocycles. The van der Waals surface area contributed by atoms with Gasteiger partial charge in [0.05, 0.1) is 11.8 Å². The number of carbonyl (C=O) groups excluding carboxylic acids is 2. The first kappa shape index (κ1) is 17.0. The fraction of sp³-hybridized carbons (Fsp3) is 0.167. The number of anilines is 1. The van der Waals surface area contributed by atoms with E-state index >= 15 is 0 Å². The van der Waals surface area contributed by atoms with Crippen molar-refractivity contribution in [2.75, 3.05) is 12.4 Å². The van der Waals surface area contributed by atoms with Gasteiger partial charge in [-0.1, -0.05) is 30.3 Å². The Bertz CT molecular complexity index is 751. The van der Waals surface area contributed by atoms with Crippen LogP contribution in [0.4, 0.5) is 5.69 Å². The summed E-state index contributed by atoms with van der Waals surface area (Å²) in [7, 11) is 1.75. The van der Waals surface area contributed by atoms with E-state index in [4.69, 9.17) is 10.00 Å². The number of amides is 1. The summed E-state index contributed by atoms with van der Waals surface area (Å²) >= 11 is 0. The van der Waals surface area contributed by atoms with Crippen LogP contribution in [0.5, 0.6) is 5.75 Å². The zero-order valence-corrected chi connectivity index (χ0v) is 13.2. The molecule has 6 heteroatoms. The predicted octanol–water partition coefficient (Wildman–Crippen LogP) is 2.11. The molecule has 0 aliphatic rings. The van der Waals surface area contributed by atoms with Crippen molar-refractivity contribution in [3.8, 4) is 22.9 Å². The molecular formula is C18H17N3O3. The molecule has 6 nitrogen and oxygen atoms in total. The Balaban J connectivity index is 2.20. The van der Waals surface area contributed by atoms with Gasteiger partial charge in [-0.15, -0.1) is 0 Å². The first-order valence-electron chi connectivity index (χ1n) is 7.32. The summed E-state index contributed by atoms with van der Waals surface area (Å²) in [5.41, 5.74) is 3.62. The molecule has 1 atom stereocenters. The van der Waals surface area contributed by atoms with Crippen molar-refractivity contribution >= 4 is 18.6 Å². The van der Waals surface area contributed by atoms with Crippen molar-refractivity contribution in [2.24, 2.45) is 0 Å². The molecule has 122 valence electrons. The van der Waals surface area contributed by atoms with Crippen LogP contribution < -0.4 is 15.4 Å². The average Bonchev–Trinajstić information content (AvgIpc) is 2.62. The Morgan fingerprint density at radius 1 is 1.17 bits per heavy atom. The van der Waals surface area contributed by atoms with Gasteiger partial charge < -0.3 is 15.4 Å². The molecule has 0 bridgehead atoms. The van der Waals surface area contributed by atoms with Crippen molar-refractivity contribution in [1.29, 1.82) is 5.26 Å². The molecule has 0 aliphatic carbocycles. The van der Waals surface area contributed by atoms with Gasteiger partial charge in [-0.25, -0.2) is 0 Å². The second kappa shape index (κ2) is 8.34. The van der Waals surface area contributed by atoms with E-state index in [1.165, 1.54) is 0 Å². The lowest BCUT2D eigenvalue weighted by Crippen LogP contribution is -2.28. The normalized spacial score (nSPS) is 11.0. The van der Waals surface area contributed by atoms with E-state index in [-0.39, 0.29) is 0 Å². The van der Waals surface area contributed by atoms with E-state index in [0.29, 0.717) is 30.7 Å². The summed E-state index contributed by atoms with van der Waals surface area (Å²) < 4.78 is 4.91. The minimum atomic E-state index is -0.538. The highest BCUT2D eigenvalue weighted by Gasteiger charge is 2.08. The zero-order valence-electron chi connectivity index (χ0n) is 13.2. The van der Waals surface area contributed by atoms with Crippen molar-refractivity contribution in [2.45, 2.75) is 12.5 Å². The Morgan fingerprint density at radius 2 is 1.88 bits per heavy atom. The van der Waals surface area contributed by atoms with Crippen molar-refractivity contribution < 1.29 is 14.3 Å². The second-order valence-electron chi connectivity index (χ2n) is 5.04. The number of nitrogens with one attached hydrogen (secondary N) is 2. The predicted molar refractivity (Wildman–Crippen MR) is 90.4 cm³/mol. The smallest absolute Gasteiger partial charge is 0.298 e. The number of hydrogen-bond donors (Lipinski definition) is 2. The van der Waals surface area contributed by atoms with Crippen LogP contribution in [0.15, 0.2) is 42.5 Å².